The van der Waals surface area contributed by atoms with E-state index in [1.165, 1.54) is 25.3 Å². The number of nitrogens with zero attached hydrogens (tertiary/aromatic N) is 3. The number of benzene rings is 3. The second-order valence-corrected chi connectivity index (χ2v) is 18.6. The summed E-state index contributed by atoms with van der Waals surface area (Å²) in [6, 6.07) is 18.7. The second-order valence-electron chi connectivity index (χ2n) is 18.6. The van der Waals surface area contributed by atoms with Gasteiger partial charge in [-0.2, -0.15) is 5.26 Å². The van der Waals surface area contributed by atoms with Crippen LogP contribution >= 0.6 is 0 Å². The minimum atomic E-state index is -0.804. The van der Waals surface area contributed by atoms with E-state index < -0.39 is 17.8 Å². The Balaban J connectivity index is 0.897. The fourth-order valence-corrected chi connectivity index (χ4v) is 10.0. The van der Waals surface area contributed by atoms with Crippen LogP contribution in [0.4, 0.5) is 10.1 Å². The first kappa shape index (κ1) is 44.5. The summed E-state index contributed by atoms with van der Waals surface area (Å²) >= 11 is 0. The molecule has 2 atom stereocenters. The largest absolute Gasteiger partial charge is 0.495 e. The SMILES string of the molecule is COc1cc(OC2C(C)(C)C(NC(=O)c3ccc(N4CCOC(CN(C(C)C)C5CC(Oc6ccc(F)c(C(=O)N[C@H]7CCC(=O)CC7=O)c6)C5)C4)cc3)C2(C)C)ccc1C#N. The summed E-state index contributed by atoms with van der Waals surface area (Å²) in [5.74, 6) is -0.624. The lowest BCUT2D eigenvalue weighted by atomic mass is 9.49. The number of amides is 2. The summed E-state index contributed by atoms with van der Waals surface area (Å²) in [5.41, 5.74) is 1.08. The van der Waals surface area contributed by atoms with Crippen LogP contribution in [0.3, 0.4) is 0 Å². The normalized spacial score (nSPS) is 25.3. The fraction of sp³-hybridized carbons (Fsp3) is 0.521. The minimum absolute atomic E-state index is 0.0370. The first-order valence-electron chi connectivity index (χ1n) is 21.6. The van der Waals surface area contributed by atoms with Gasteiger partial charge in [-0.3, -0.25) is 24.1 Å². The molecule has 3 aromatic rings. The Hall–Kier alpha value is -5.52. The van der Waals surface area contributed by atoms with E-state index in [0.717, 1.165) is 31.6 Å². The van der Waals surface area contributed by atoms with Gasteiger partial charge in [0.25, 0.3) is 11.8 Å². The number of anilines is 1. The first-order chi connectivity index (χ1) is 29.5. The van der Waals surface area contributed by atoms with E-state index in [2.05, 4.69) is 68.0 Å². The van der Waals surface area contributed by atoms with Crippen molar-refractivity contribution in [2.24, 2.45) is 10.8 Å². The zero-order chi connectivity index (χ0) is 44.5. The zero-order valence-electron chi connectivity index (χ0n) is 36.7. The van der Waals surface area contributed by atoms with Crippen molar-refractivity contribution >= 4 is 29.1 Å². The third-order valence-corrected chi connectivity index (χ3v) is 13.2. The number of carbonyl (C=O) groups is 4. The van der Waals surface area contributed by atoms with E-state index in [1.54, 1.807) is 18.2 Å². The van der Waals surface area contributed by atoms with Crippen LogP contribution in [0.2, 0.25) is 0 Å². The number of hydrogen-bond acceptors (Lipinski definition) is 11. The number of ketones is 2. The lowest BCUT2D eigenvalue weighted by molar-refractivity contribution is -0.164. The number of halogens is 1. The van der Waals surface area contributed by atoms with Gasteiger partial charge in [0, 0.05) is 85.2 Å². The number of Topliss-reactive ketones (excluding diaryl/α,β-unsaturated/α-hetero) is 2. The van der Waals surface area contributed by atoms with E-state index >= 15 is 0 Å². The summed E-state index contributed by atoms with van der Waals surface area (Å²) in [6.45, 7) is 15.4. The van der Waals surface area contributed by atoms with Gasteiger partial charge in [-0.1, -0.05) is 27.7 Å². The highest BCUT2D eigenvalue weighted by atomic mass is 19.1. The van der Waals surface area contributed by atoms with E-state index in [1.807, 2.05) is 24.3 Å². The van der Waals surface area contributed by atoms with Crippen LogP contribution in [0.15, 0.2) is 60.7 Å². The molecule has 1 unspecified atom stereocenters. The zero-order valence-corrected chi connectivity index (χ0v) is 36.7. The van der Waals surface area contributed by atoms with Crippen molar-refractivity contribution in [2.45, 2.75) is 116 Å². The van der Waals surface area contributed by atoms with E-state index in [9.17, 15) is 28.8 Å². The molecule has 0 spiro atoms. The Labute approximate surface area is 363 Å². The standard InChI is InChI=1S/C48H58FN5O8/c1-28(2)54(32-20-36(21-32)61-34-15-16-39(49)38(23-34)44(58)51-40-17-13-33(55)22-41(40)56)27-37-26-53(18-19-60-37)31-11-8-29(9-12-31)43(57)52-45-47(3,4)46(48(45,5)6)62-35-14-10-30(25-50)42(24-35)59-7/h8-12,14-16,23-24,28,32,36-37,40,45-46H,13,17-22,26-27H2,1-7H3,(H,51,58)(H,52,57)/t32?,36?,37?,40-,45?,46?/m0/s1. The van der Waals surface area contributed by atoms with Crippen molar-refractivity contribution in [2.75, 3.05) is 38.3 Å². The van der Waals surface area contributed by atoms with Crippen LogP contribution < -0.4 is 29.7 Å². The van der Waals surface area contributed by atoms with Gasteiger partial charge in [0.2, 0.25) is 0 Å². The number of nitriles is 1. The van der Waals surface area contributed by atoms with Gasteiger partial charge < -0.3 is 34.5 Å². The van der Waals surface area contributed by atoms with E-state index in [0.29, 0.717) is 41.5 Å². The number of hydrogen-bond donors (Lipinski definition) is 2. The number of ether oxygens (including phenoxy) is 4. The lowest BCUT2D eigenvalue weighted by Crippen LogP contribution is -2.74. The fourth-order valence-electron chi connectivity index (χ4n) is 10.0. The van der Waals surface area contributed by atoms with Gasteiger partial charge in [-0.05, 0) is 74.9 Å². The molecular formula is C48H58FN5O8. The van der Waals surface area contributed by atoms with Crippen molar-refractivity contribution in [3.05, 3.63) is 83.2 Å². The Morgan fingerprint density at radius 2 is 1.66 bits per heavy atom. The van der Waals surface area contributed by atoms with Crippen LogP contribution in [0.25, 0.3) is 0 Å². The van der Waals surface area contributed by atoms with Gasteiger partial charge in [0.05, 0.1) is 43.4 Å². The summed E-state index contributed by atoms with van der Waals surface area (Å²) < 4.78 is 39.0. The predicted octanol–water partition coefficient (Wildman–Crippen LogP) is 6.26. The molecule has 1 heterocycles. The topological polar surface area (TPSA) is 160 Å². The molecule has 3 aliphatic carbocycles. The average Bonchev–Trinajstić information content (AvgIpc) is 3.23. The Kier molecular flexibility index (Phi) is 13.0. The maximum Gasteiger partial charge on any atom is 0.254 e. The van der Waals surface area contributed by atoms with Gasteiger partial charge in [-0.25, -0.2) is 4.39 Å². The van der Waals surface area contributed by atoms with Crippen molar-refractivity contribution in [1.82, 2.24) is 15.5 Å². The van der Waals surface area contributed by atoms with Gasteiger partial charge in [-0.15, -0.1) is 0 Å². The Bertz CT molecular complexity index is 2200. The molecule has 7 rings (SSSR count). The highest BCUT2D eigenvalue weighted by molar-refractivity contribution is 6.06. The monoisotopic (exact) mass is 851 g/mol. The third kappa shape index (κ3) is 9.29. The molecular weight excluding hydrogens is 794 g/mol. The molecule has 4 aliphatic rings. The van der Waals surface area contributed by atoms with E-state index in [-0.39, 0.29) is 89.6 Å². The highest BCUT2D eigenvalue weighted by Gasteiger charge is 2.64. The van der Waals surface area contributed by atoms with Crippen LogP contribution in [0.5, 0.6) is 17.2 Å². The number of methoxy groups -OCH3 is 1. The molecule has 2 amide bonds. The van der Waals surface area contributed by atoms with Crippen molar-refractivity contribution < 1.29 is 42.5 Å². The maximum absolute atomic E-state index is 14.7. The maximum atomic E-state index is 14.7. The number of nitrogens with one attached hydrogen (secondary N) is 2. The smallest absolute Gasteiger partial charge is 0.254 e. The molecule has 62 heavy (non-hydrogen) atoms. The molecule has 330 valence electrons. The van der Waals surface area contributed by atoms with Crippen LogP contribution in [-0.4, -0.2) is 104 Å². The molecule has 14 heteroatoms. The second kappa shape index (κ2) is 18.1. The quantitative estimate of drug-likeness (QED) is 0.176. The molecule has 1 aliphatic heterocycles. The first-order valence-corrected chi connectivity index (χ1v) is 21.6. The minimum Gasteiger partial charge on any atom is -0.495 e. The molecule has 2 N–H and O–H groups in total. The van der Waals surface area contributed by atoms with E-state index in [4.69, 9.17) is 18.9 Å². The molecule has 1 saturated heterocycles. The summed E-state index contributed by atoms with van der Waals surface area (Å²) in [6.07, 6.45) is 1.38. The van der Waals surface area contributed by atoms with Crippen molar-refractivity contribution in [1.29, 1.82) is 5.26 Å². The van der Waals surface area contributed by atoms with Crippen LogP contribution in [0.1, 0.15) is 99.9 Å². The number of morpholine rings is 1. The Morgan fingerprint density at radius 3 is 2.32 bits per heavy atom. The number of carbonyl (C=O) groups excluding carboxylic acids is 4. The summed E-state index contributed by atoms with van der Waals surface area (Å²) in [5, 5.41) is 15.2. The predicted molar refractivity (Wildman–Crippen MR) is 230 cm³/mol. The average molecular weight is 852 g/mol. The molecule has 13 nitrogen and oxygen atoms in total. The van der Waals surface area contributed by atoms with Crippen LogP contribution in [-0.2, 0) is 14.3 Å². The summed E-state index contributed by atoms with van der Waals surface area (Å²) in [4.78, 5) is 55.1. The molecule has 3 saturated carbocycles. The molecule has 4 fully saturated rings. The van der Waals surface area contributed by atoms with Gasteiger partial charge >= 0.3 is 0 Å². The summed E-state index contributed by atoms with van der Waals surface area (Å²) in [7, 11) is 1.53. The van der Waals surface area contributed by atoms with Crippen molar-refractivity contribution in [3.8, 4) is 23.3 Å². The Morgan fingerprint density at radius 1 is 0.968 bits per heavy atom. The van der Waals surface area contributed by atoms with Gasteiger partial charge in [0.15, 0.2) is 5.78 Å². The van der Waals surface area contributed by atoms with Crippen molar-refractivity contribution in [3.63, 3.8) is 0 Å². The third-order valence-electron chi connectivity index (χ3n) is 13.2. The highest BCUT2D eigenvalue weighted by Crippen LogP contribution is 2.55. The lowest BCUT2D eigenvalue weighted by Gasteiger charge is -2.63. The van der Waals surface area contributed by atoms with Crippen LogP contribution in [0, 0.1) is 28.0 Å². The number of rotatable bonds is 14. The molecule has 0 radical (unpaired) electrons. The molecule has 0 aromatic heterocycles. The molecule has 3 aromatic carbocycles. The molecule has 0 bridgehead atoms. The van der Waals surface area contributed by atoms with Gasteiger partial charge in [0.1, 0.15) is 47.1 Å².